The van der Waals surface area contributed by atoms with E-state index < -0.39 is 0 Å². The lowest BCUT2D eigenvalue weighted by atomic mass is 10.0. The van der Waals surface area contributed by atoms with E-state index in [1.54, 1.807) is 0 Å². The zero-order valence-electron chi connectivity index (χ0n) is 16.5. The first kappa shape index (κ1) is 20.0. The second-order valence-corrected chi connectivity index (χ2v) is 8.96. The number of aromatic amines is 1. The highest BCUT2D eigenvalue weighted by atomic mass is 32.1. The largest absolute Gasteiger partial charge is 0.356 e. The Morgan fingerprint density at radius 2 is 2.07 bits per heavy atom. The SMILES string of the molecule is Cc1ccc(-c2n[nH]c(=S)n2CCC(=O)NCCc2nc3c(s2)CCCC3)cc1. The van der Waals surface area contributed by atoms with Crippen LogP contribution in [-0.2, 0) is 30.6 Å². The molecule has 0 atom stereocenters. The van der Waals surface area contributed by atoms with Crippen LogP contribution < -0.4 is 5.32 Å². The average molecular weight is 428 g/mol. The van der Waals surface area contributed by atoms with Crippen molar-refractivity contribution in [2.45, 2.75) is 52.0 Å². The lowest BCUT2D eigenvalue weighted by Gasteiger charge is -2.08. The number of fused-ring (bicyclic) bond motifs is 1. The maximum atomic E-state index is 12.3. The fourth-order valence-electron chi connectivity index (χ4n) is 3.57. The van der Waals surface area contributed by atoms with E-state index in [4.69, 9.17) is 17.2 Å². The van der Waals surface area contributed by atoms with E-state index in [0.29, 0.717) is 24.3 Å². The number of rotatable bonds is 7. The van der Waals surface area contributed by atoms with E-state index in [1.807, 2.05) is 47.1 Å². The molecule has 1 aliphatic rings. The van der Waals surface area contributed by atoms with Crippen molar-refractivity contribution in [3.8, 4) is 11.4 Å². The summed E-state index contributed by atoms with van der Waals surface area (Å²) in [7, 11) is 0. The molecule has 1 aliphatic carbocycles. The number of H-pyrrole nitrogens is 1. The molecule has 29 heavy (non-hydrogen) atoms. The summed E-state index contributed by atoms with van der Waals surface area (Å²) in [6.07, 6.45) is 5.94. The third-order valence-corrected chi connectivity index (χ3v) is 6.71. The van der Waals surface area contributed by atoms with Crippen LogP contribution in [0.5, 0.6) is 0 Å². The van der Waals surface area contributed by atoms with Gasteiger partial charge in [-0.3, -0.25) is 14.5 Å². The third-order valence-electron chi connectivity index (χ3n) is 5.18. The van der Waals surface area contributed by atoms with Gasteiger partial charge >= 0.3 is 0 Å². The Morgan fingerprint density at radius 3 is 2.86 bits per heavy atom. The molecule has 0 unspecified atom stereocenters. The standard InChI is InChI=1S/C21H25N5OS2/c1-14-6-8-15(9-7-14)20-24-25-21(28)26(20)13-11-18(27)22-12-10-19-23-16-4-2-3-5-17(16)29-19/h6-9H,2-5,10-13H2,1H3,(H,22,27)(H,25,28). The molecule has 1 aromatic carbocycles. The summed E-state index contributed by atoms with van der Waals surface area (Å²) in [6, 6.07) is 8.12. The van der Waals surface area contributed by atoms with Gasteiger partial charge in [0.05, 0.1) is 10.7 Å². The predicted octanol–water partition coefficient (Wildman–Crippen LogP) is 4.00. The molecule has 2 N–H and O–H groups in total. The number of carbonyl (C=O) groups is 1. The van der Waals surface area contributed by atoms with Gasteiger partial charge < -0.3 is 5.32 Å². The normalized spacial score (nSPS) is 13.3. The average Bonchev–Trinajstić information content (AvgIpc) is 3.30. The van der Waals surface area contributed by atoms with Crippen LogP contribution in [0.2, 0.25) is 0 Å². The van der Waals surface area contributed by atoms with Crippen LogP contribution in [0.25, 0.3) is 11.4 Å². The number of thiazole rings is 1. The molecule has 3 aromatic rings. The fraction of sp³-hybridized carbons (Fsp3) is 0.429. The van der Waals surface area contributed by atoms with Gasteiger partial charge in [-0.05, 0) is 44.8 Å². The molecule has 0 spiro atoms. The molecule has 0 fully saturated rings. The monoisotopic (exact) mass is 427 g/mol. The van der Waals surface area contributed by atoms with Crippen molar-refractivity contribution in [1.29, 1.82) is 0 Å². The highest BCUT2D eigenvalue weighted by Gasteiger charge is 2.15. The number of hydrogen-bond acceptors (Lipinski definition) is 5. The summed E-state index contributed by atoms with van der Waals surface area (Å²) < 4.78 is 2.41. The topological polar surface area (TPSA) is 75.6 Å². The Labute approximate surface area is 179 Å². The Kier molecular flexibility index (Phi) is 6.20. The molecule has 0 bridgehead atoms. The quantitative estimate of drug-likeness (QED) is 0.559. The summed E-state index contributed by atoms with van der Waals surface area (Å²) in [4.78, 5) is 18.5. The van der Waals surface area contributed by atoms with E-state index in [1.165, 1.54) is 29.0 Å². The Balaban J connectivity index is 1.30. The van der Waals surface area contributed by atoms with Crippen molar-refractivity contribution in [3.63, 3.8) is 0 Å². The van der Waals surface area contributed by atoms with Crippen LogP contribution in [0.15, 0.2) is 24.3 Å². The minimum absolute atomic E-state index is 0.0178. The molecule has 2 aromatic heterocycles. The first-order valence-electron chi connectivity index (χ1n) is 10.1. The maximum absolute atomic E-state index is 12.3. The first-order chi connectivity index (χ1) is 14.1. The summed E-state index contributed by atoms with van der Waals surface area (Å²) in [6.45, 7) is 3.16. The molecular formula is C21H25N5OS2. The summed E-state index contributed by atoms with van der Waals surface area (Å²) >= 11 is 7.16. The minimum atomic E-state index is 0.0178. The Bertz CT molecular complexity index is 1020. The van der Waals surface area contributed by atoms with Crippen LogP contribution in [0.3, 0.4) is 0 Å². The van der Waals surface area contributed by atoms with Crippen LogP contribution in [0.4, 0.5) is 0 Å². The number of aryl methyl sites for hydroxylation is 3. The molecule has 0 radical (unpaired) electrons. The number of aromatic nitrogens is 4. The lowest BCUT2D eigenvalue weighted by molar-refractivity contribution is -0.121. The number of nitrogens with one attached hydrogen (secondary N) is 2. The molecule has 0 aliphatic heterocycles. The van der Waals surface area contributed by atoms with Gasteiger partial charge in [-0.15, -0.1) is 11.3 Å². The number of nitrogens with zero attached hydrogens (tertiary/aromatic N) is 3. The highest BCUT2D eigenvalue weighted by molar-refractivity contribution is 7.71. The van der Waals surface area contributed by atoms with Crippen LogP contribution in [-0.4, -0.2) is 32.2 Å². The lowest BCUT2D eigenvalue weighted by Crippen LogP contribution is -2.26. The number of amides is 1. The van der Waals surface area contributed by atoms with Gasteiger partial charge in [-0.25, -0.2) is 4.98 Å². The summed E-state index contributed by atoms with van der Waals surface area (Å²) in [5.41, 5.74) is 3.45. The van der Waals surface area contributed by atoms with Gasteiger partial charge in [-0.2, -0.15) is 5.10 Å². The van der Waals surface area contributed by atoms with Gasteiger partial charge in [0.1, 0.15) is 0 Å². The summed E-state index contributed by atoms with van der Waals surface area (Å²) in [5.74, 6) is 0.778. The zero-order valence-corrected chi connectivity index (χ0v) is 18.2. The molecule has 0 saturated carbocycles. The molecule has 8 heteroatoms. The molecule has 152 valence electrons. The van der Waals surface area contributed by atoms with Crippen LogP contribution in [0, 0.1) is 11.7 Å². The Hall–Kier alpha value is -2.32. The van der Waals surface area contributed by atoms with E-state index in [9.17, 15) is 4.79 Å². The van der Waals surface area contributed by atoms with Crippen molar-refractivity contribution < 1.29 is 4.79 Å². The molecule has 0 saturated heterocycles. The van der Waals surface area contributed by atoms with Crippen molar-refractivity contribution in [2.75, 3.05) is 6.54 Å². The molecule has 4 rings (SSSR count). The molecular weight excluding hydrogens is 402 g/mol. The fourth-order valence-corrected chi connectivity index (χ4v) is 4.95. The van der Waals surface area contributed by atoms with Crippen molar-refractivity contribution >= 4 is 29.5 Å². The predicted molar refractivity (Wildman–Crippen MR) is 118 cm³/mol. The van der Waals surface area contributed by atoms with Gasteiger partial charge in [0, 0.05) is 36.4 Å². The van der Waals surface area contributed by atoms with Crippen molar-refractivity contribution in [1.82, 2.24) is 25.1 Å². The third kappa shape index (κ3) is 4.82. The number of benzene rings is 1. The van der Waals surface area contributed by atoms with Crippen molar-refractivity contribution in [2.24, 2.45) is 0 Å². The van der Waals surface area contributed by atoms with Crippen LogP contribution >= 0.6 is 23.6 Å². The van der Waals surface area contributed by atoms with Crippen molar-refractivity contribution in [3.05, 3.63) is 50.2 Å². The van der Waals surface area contributed by atoms with Gasteiger partial charge in [0.15, 0.2) is 10.6 Å². The minimum Gasteiger partial charge on any atom is -0.356 e. The molecule has 2 heterocycles. The van der Waals surface area contributed by atoms with Crippen LogP contribution in [0.1, 0.15) is 40.4 Å². The Morgan fingerprint density at radius 1 is 1.28 bits per heavy atom. The number of carbonyl (C=O) groups excluding carboxylic acids is 1. The van der Waals surface area contributed by atoms with E-state index in [0.717, 1.165) is 35.7 Å². The second-order valence-electron chi connectivity index (χ2n) is 7.40. The van der Waals surface area contributed by atoms with Gasteiger partial charge in [0.2, 0.25) is 5.91 Å². The second kappa shape index (κ2) is 9.00. The van der Waals surface area contributed by atoms with E-state index in [-0.39, 0.29) is 5.91 Å². The molecule has 6 nitrogen and oxygen atoms in total. The molecule has 1 amide bonds. The highest BCUT2D eigenvalue weighted by Crippen LogP contribution is 2.26. The maximum Gasteiger partial charge on any atom is 0.221 e. The number of hydrogen-bond donors (Lipinski definition) is 2. The van der Waals surface area contributed by atoms with E-state index >= 15 is 0 Å². The van der Waals surface area contributed by atoms with Gasteiger partial charge in [0.25, 0.3) is 0 Å². The smallest absolute Gasteiger partial charge is 0.221 e. The van der Waals surface area contributed by atoms with E-state index in [2.05, 4.69) is 15.5 Å². The van der Waals surface area contributed by atoms with Gasteiger partial charge in [-0.1, -0.05) is 29.8 Å². The first-order valence-corrected chi connectivity index (χ1v) is 11.3. The zero-order chi connectivity index (χ0) is 20.2. The summed E-state index contributed by atoms with van der Waals surface area (Å²) in [5, 5.41) is 11.3.